The molecule has 1 aromatic heterocycles. The van der Waals surface area contributed by atoms with E-state index in [1.54, 1.807) is 54.7 Å². The summed E-state index contributed by atoms with van der Waals surface area (Å²) in [5, 5.41) is 12.1. The lowest BCUT2D eigenvalue weighted by molar-refractivity contribution is -0.131. The van der Waals surface area contributed by atoms with Gasteiger partial charge in [-0.2, -0.15) is 0 Å². The van der Waals surface area contributed by atoms with Crippen LogP contribution in [0.15, 0.2) is 66.9 Å². The smallest absolute Gasteiger partial charge is 0.328 e. The highest BCUT2D eigenvalue weighted by molar-refractivity contribution is 6.31. The van der Waals surface area contributed by atoms with Gasteiger partial charge in [0.2, 0.25) is 0 Å². The van der Waals surface area contributed by atoms with Crippen LogP contribution in [0.5, 0.6) is 11.5 Å². The van der Waals surface area contributed by atoms with E-state index in [9.17, 15) is 9.59 Å². The summed E-state index contributed by atoms with van der Waals surface area (Å²) in [5.41, 5.74) is 2.06. The van der Waals surface area contributed by atoms with Gasteiger partial charge in [-0.3, -0.25) is 9.78 Å². The lowest BCUT2D eigenvalue weighted by Crippen LogP contribution is -2.13. The highest BCUT2D eigenvalue weighted by Crippen LogP contribution is 2.27. The Morgan fingerprint density at radius 2 is 1.93 bits per heavy atom. The summed E-state index contributed by atoms with van der Waals surface area (Å²) in [6.45, 7) is 1.87. The molecule has 29 heavy (non-hydrogen) atoms. The number of rotatable bonds is 6. The predicted molar refractivity (Wildman–Crippen MR) is 112 cm³/mol. The Hall–Kier alpha value is -3.64. The number of aryl methyl sites for hydroxylation is 1. The molecule has 146 valence electrons. The topological polar surface area (TPSA) is 88.5 Å². The number of hydrogen-bond acceptors (Lipinski definition) is 4. The lowest BCUT2D eigenvalue weighted by Gasteiger charge is -2.13. The van der Waals surface area contributed by atoms with Crippen molar-refractivity contribution in [1.29, 1.82) is 0 Å². The van der Waals surface area contributed by atoms with Crippen molar-refractivity contribution in [1.82, 2.24) is 4.98 Å². The van der Waals surface area contributed by atoms with E-state index < -0.39 is 11.9 Å². The molecular formula is C22H17ClN2O4. The molecule has 6 nitrogen and oxygen atoms in total. The molecule has 2 aromatic carbocycles. The molecule has 2 N–H and O–H groups in total. The minimum atomic E-state index is -1.10. The third-order valence-corrected chi connectivity index (χ3v) is 4.15. The number of nitrogens with zero attached hydrogens (tertiary/aromatic N) is 1. The molecule has 3 aromatic rings. The van der Waals surface area contributed by atoms with Crippen LogP contribution in [0.25, 0.3) is 6.08 Å². The van der Waals surface area contributed by atoms with E-state index in [1.807, 2.05) is 13.0 Å². The average molecular weight is 409 g/mol. The molecule has 0 saturated carbocycles. The quantitative estimate of drug-likeness (QED) is 0.548. The van der Waals surface area contributed by atoms with E-state index in [4.69, 9.17) is 21.4 Å². The van der Waals surface area contributed by atoms with Gasteiger partial charge in [0.15, 0.2) is 0 Å². The molecule has 1 heterocycles. The van der Waals surface area contributed by atoms with Gasteiger partial charge in [0.25, 0.3) is 5.91 Å². The monoisotopic (exact) mass is 408 g/mol. The fourth-order valence-corrected chi connectivity index (χ4v) is 2.70. The molecule has 0 aliphatic carbocycles. The van der Waals surface area contributed by atoms with Gasteiger partial charge in [0, 0.05) is 22.5 Å². The molecule has 0 aliphatic rings. The number of amides is 1. The summed E-state index contributed by atoms with van der Waals surface area (Å²) in [7, 11) is 0. The third kappa shape index (κ3) is 5.43. The van der Waals surface area contributed by atoms with E-state index in [0.717, 1.165) is 11.8 Å². The van der Waals surface area contributed by atoms with Gasteiger partial charge in [-0.15, -0.1) is 0 Å². The maximum Gasteiger partial charge on any atom is 0.328 e. The number of carbonyl (C=O) groups is 2. The molecule has 1 amide bonds. The number of nitrogens with one attached hydrogen (secondary N) is 1. The molecule has 0 bridgehead atoms. The fourth-order valence-electron chi connectivity index (χ4n) is 2.52. The number of carboxylic acids is 1. The van der Waals surface area contributed by atoms with Gasteiger partial charge in [-0.25, -0.2) is 4.79 Å². The number of aromatic nitrogens is 1. The minimum absolute atomic E-state index is 0.316. The van der Waals surface area contributed by atoms with Crippen molar-refractivity contribution in [2.24, 2.45) is 0 Å². The number of carboxylic acid groups (broad SMARTS) is 1. The van der Waals surface area contributed by atoms with Crippen LogP contribution in [0.4, 0.5) is 5.69 Å². The summed E-state index contributed by atoms with van der Waals surface area (Å²) < 4.78 is 5.82. The Labute approximate surface area is 172 Å². The molecule has 0 unspecified atom stereocenters. The summed E-state index contributed by atoms with van der Waals surface area (Å²) >= 11 is 5.99. The van der Waals surface area contributed by atoms with Crippen molar-refractivity contribution >= 4 is 35.2 Å². The molecule has 3 rings (SSSR count). The van der Waals surface area contributed by atoms with Crippen molar-refractivity contribution in [3.63, 3.8) is 0 Å². The largest absolute Gasteiger partial charge is 0.478 e. The minimum Gasteiger partial charge on any atom is -0.478 e. The SMILES string of the molecule is Cc1ccc(Oc2ccccc2C(=O)Nc2ccc(Cl)cc2/C=C/C(=O)O)cn1. The number of hydrogen-bond donors (Lipinski definition) is 2. The summed E-state index contributed by atoms with van der Waals surface area (Å²) in [6, 6.07) is 15.2. The number of pyridine rings is 1. The first-order valence-electron chi connectivity index (χ1n) is 8.64. The van der Waals surface area contributed by atoms with Crippen molar-refractivity contribution in [3.05, 3.63) is 88.7 Å². The first kappa shape index (κ1) is 20.1. The highest BCUT2D eigenvalue weighted by Gasteiger charge is 2.15. The van der Waals surface area contributed by atoms with Gasteiger partial charge < -0.3 is 15.2 Å². The van der Waals surface area contributed by atoms with E-state index >= 15 is 0 Å². The number of anilines is 1. The Bertz CT molecular complexity index is 1080. The van der Waals surface area contributed by atoms with Crippen LogP contribution >= 0.6 is 11.6 Å². The molecule has 7 heteroatoms. The van der Waals surface area contributed by atoms with Gasteiger partial charge in [-0.1, -0.05) is 23.7 Å². The van der Waals surface area contributed by atoms with Crippen LogP contribution in [0.3, 0.4) is 0 Å². The number of ether oxygens (including phenoxy) is 1. The highest BCUT2D eigenvalue weighted by atomic mass is 35.5. The van der Waals surface area contributed by atoms with Gasteiger partial charge in [-0.05, 0) is 61.0 Å². The first-order chi connectivity index (χ1) is 13.9. The van der Waals surface area contributed by atoms with Crippen molar-refractivity contribution in [3.8, 4) is 11.5 Å². The second-order valence-electron chi connectivity index (χ2n) is 6.09. The Kier molecular flexibility index (Phi) is 6.26. The summed E-state index contributed by atoms with van der Waals surface area (Å²) in [4.78, 5) is 27.9. The van der Waals surface area contributed by atoms with Crippen LogP contribution in [0, 0.1) is 6.92 Å². The zero-order valence-electron chi connectivity index (χ0n) is 15.4. The fraction of sp³-hybridized carbons (Fsp3) is 0.0455. The van der Waals surface area contributed by atoms with Crippen LogP contribution in [0.1, 0.15) is 21.6 Å². The lowest BCUT2D eigenvalue weighted by atomic mass is 10.1. The normalized spacial score (nSPS) is 10.7. The Morgan fingerprint density at radius 1 is 1.14 bits per heavy atom. The number of benzene rings is 2. The number of halogens is 1. The van der Waals surface area contributed by atoms with Gasteiger partial charge in [0.1, 0.15) is 11.5 Å². The molecule has 0 radical (unpaired) electrons. The van der Waals surface area contributed by atoms with Crippen molar-refractivity contribution in [2.75, 3.05) is 5.32 Å². The summed E-state index contributed by atoms with van der Waals surface area (Å²) in [6.07, 6.45) is 3.92. The third-order valence-electron chi connectivity index (χ3n) is 3.91. The molecule has 0 aliphatic heterocycles. The number of para-hydroxylation sites is 1. The maximum absolute atomic E-state index is 12.9. The predicted octanol–water partition coefficient (Wildman–Crippen LogP) is 5.19. The van der Waals surface area contributed by atoms with Crippen LogP contribution in [0.2, 0.25) is 5.02 Å². The standard InChI is InChI=1S/C22H17ClN2O4/c1-14-6-9-17(13-24-14)29-20-5-3-2-4-18(20)22(28)25-19-10-8-16(23)12-15(19)7-11-21(26)27/h2-13H,1H3,(H,25,28)(H,26,27)/b11-7+. The zero-order chi connectivity index (χ0) is 20.8. The molecule has 0 saturated heterocycles. The first-order valence-corrected chi connectivity index (χ1v) is 9.01. The molecule has 0 atom stereocenters. The molecule has 0 fully saturated rings. The van der Waals surface area contributed by atoms with Gasteiger partial charge in [0.05, 0.1) is 11.8 Å². The molecule has 0 spiro atoms. The second kappa shape index (κ2) is 9.03. The Balaban J connectivity index is 1.87. The van der Waals surface area contributed by atoms with E-state index in [2.05, 4.69) is 10.3 Å². The van der Waals surface area contributed by atoms with Gasteiger partial charge >= 0.3 is 5.97 Å². The summed E-state index contributed by atoms with van der Waals surface area (Å²) in [5.74, 6) is -0.639. The molecular weight excluding hydrogens is 392 g/mol. The average Bonchev–Trinajstić information content (AvgIpc) is 2.70. The Morgan fingerprint density at radius 3 is 2.66 bits per heavy atom. The van der Waals surface area contributed by atoms with E-state index in [-0.39, 0.29) is 0 Å². The van der Waals surface area contributed by atoms with Crippen molar-refractivity contribution in [2.45, 2.75) is 6.92 Å². The van der Waals surface area contributed by atoms with E-state index in [1.165, 1.54) is 6.08 Å². The number of carbonyl (C=O) groups excluding carboxylic acids is 1. The second-order valence-corrected chi connectivity index (χ2v) is 6.53. The number of aliphatic carboxylic acids is 1. The van der Waals surface area contributed by atoms with Crippen LogP contribution in [-0.4, -0.2) is 22.0 Å². The zero-order valence-corrected chi connectivity index (χ0v) is 16.2. The maximum atomic E-state index is 12.9. The van der Waals surface area contributed by atoms with Crippen LogP contribution in [-0.2, 0) is 4.79 Å². The van der Waals surface area contributed by atoms with Crippen molar-refractivity contribution < 1.29 is 19.4 Å². The van der Waals surface area contributed by atoms with E-state index in [0.29, 0.717) is 33.3 Å². The van der Waals surface area contributed by atoms with Crippen LogP contribution < -0.4 is 10.1 Å².